The van der Waals surface area contributed by atoms with Gasteiger partial charge in [0.1, 0.15) is 11.2 Å². The van der Waals surface area contributed by atoms with Crippen molar-refractivity contribution in [1.29, 1.82) is 0 Å². The number of hydrogen-bond donors (Lipinski definition) is 1. The van der Waals surface area contributed by atoms with Gasteiger partial charge in [0.15, 0.2) is 0 Å². The summed E-state index contributed by atoms with van der Waals surface area (Å²) in [5.41, 5.74) is 1.91. The molecule has 2 rings (SSSR count). The fourth-order valence-electron chi connectivity index (χ4n) is 2.34. The van der Waals surface area contributed by atoms with Crippen LogP contribution in [0.2, 0.25) is 5.02 Å². The fraction of sp³-hybridized carbons (Fsp3) is 0.364. The van der Waals surface area contributed by atoms with Crippen molar-refractivity contribution in [1.82, 2.24) is 0 Å². The second-order valence-electron chi connectivity index (χ2n) is 7.99. The first-order valence-electron chi connectivity index (χ1n) is 9.05. The summed E-state index contributed by atoms with van der Waals surface area (Å²) in [5, 5.41) is 7.50. The minimum atomic E-state index is -0.836. The van der Waals surface area contributed by atoms with Gasteiger partial charge in [-0.25, -0.2) is 4.79 Å². The Bertz CT molecular complexity index is 853. The highest BCUT2D eigenvalue weighted by atomic mass is 35.5. The van der Waals surface area contributed by atoms with Gasteiger partial charge in [-0.3, -0.25) is 5.32 Å². The minimum Gasteiger partial charge on any atom is -0.438 e. The van der Waals surface area contributed by atoms with Crippen LogP contribution >= 0.6 is 11.6 Å². The predicted molar refractivity (Wildman–Crippen MR) is 114 cm³/mol. The molecule has 0 heterocycles. The van der Waals surface area contributed by atoms with Gasteiger partial charge in [0.25, 0.3) is 0 Å². The molecular formula is C22H27ClN2O3. The number of ether oxygens (including phenoxy) is 1. The zero-order chi connectivity index (χ0) is 20.9. The number of nitrogens with zero attached hydrogens (tertiary/aromatic N) is 1. The molecule has 0 saturated heterocycles. The topological polar surface area (TPSA) is 59.9 Å². The summed E-state index contributed by atoms with van der Waals surface area (Å²) in [7, 11) is 0. The number of oxime groups is 1. The van der Waals surface area contributed by atoms with Crippen LogP contribution in [0, 0.1) is 0 Å². The van der Waals surface area contributed by atoms with Crippen LogP contribution in [0.1, 0.15) is 52.7 Å². The van der Waals surface area contributed by atoms with Crippen molar-refractivity contribution in [3.63, 3.8) is 0 Å². The lowest BCUT2D eigenvalue weighted by molar-refractivity contribution is 0.000931. The lowest BCUT2D eigenvalue weighted by Gasteiger charge is -2.26. The van der Waals surface area contributed by atoms with Crippen LogP contribution in [0.5, 0.6) is 0 Å². The van der Waals surface area contributed by atoms with Gasteiger partial charge >= 0.3 is 6.09 Å². The van der Waals surface area contributed by atoms with Crippen molar-refractivity contribution in [2.75, 3.05) is 5.32 Å². The van der Waals surface area contributed by atoms with E-state index in [0.717, 1.165) is 16.8 Å². The van der Waals surface area contributed by atoms with E-state index in [9.17, 15) is 4.79 Å². The van der Waals surface area contributed by atoms with Crippen LogP contribution in [-0.2, 0) is 15.2 Å². The molecule has 0 aliphatic heterocycles. The average Bonchev–Trinajstić information content (AvgIpc) is 2.60. The molecule has 2 aromatic carbocycles. The van der Waals surface area contributed by atoms with Gasteiger partial charge in [0.05, 0.1) is 5.71 Å². The highest BCUT2D eigenvalue weighted by molar-refractivity contribution is 6.30. The predicted octanol–water partition coefficient (Wildman–Crippen LogP) is 6.36. The van der Waals surface area contributed by atoms with Gasteiger partial charge < -0.3 is 9.57 Å². The Kier molecular flexibility index (Phi) is 6.73. The van der Waals surface area contributed by atoms with Crippen LogP contribution in [0.25, 0.3) is 0 Å². The van der Waals surface area contributed by atoms with Crippen LogP contribution in [0.4, 0.5) is 10.5 Å². The van der Waals surface area contributed by atoms with Crippen molar-refractivity contribution < 1.29 is 14.4 Å². The van der Waals surface area contributed by atoms with E-state index in [1.54, 1.807) is 24.3 Å². The number of hydrogen-bond acceptors (Lipinski definition) is 4. The molecule has 28 heavy (non-hydrogen) atoms. The number of benzene rings is 2. The Hall–Kier alpha value is -2.53. The standard InChI is InChI=1S/C22H27ClN2O3/c1-15(25-28-21(2,3)4)16-8-7-9-17(14-16)22(5,6)27-20(26)24-19-12-10-18(23)11-13-19/h7-14H,1-6H3,(H,24,26). The molecule has 1 amide bonds. The molecule has 0 atom stereocenters. The first-order chi connectivity index (χ1) is 13.0. The molecule has 2 aromatic rings. The van der Waals surface area contributed by atoms with E-state index in [0.29, 0.717) is 10.7 Å². The Morgan fingerprint density at radius 2 is 1.68 bits per heavy atom. The van der Waals surface area contributed by atoms with Gasteiger partial charge in [0.2, 0.25) is 0 Å². The van der Waals surface area contributed by atoms with E-state index in [1.165, 1.54) is 0 Å². The largest absolute Gasteiger partial charge is 0.438 e. The first-order valence-corrected chi connectivity index (χ1v) is 9.43. The van der Waals surface area contributed by atoms with Crippen molar-refractivity contribution in [2.45, 2.75) is 52.7 Å². The van der Waals surface area contributed by atoms with Crippen molar-refractivity contribution in [3.05, 3.63) is 64.7 Å². The third-order valence-corrected chi connectivity index (χ3v) is 4.12. The molecular weight excluding hydrogens is 376 g/mol. The number of nitrogens with one attached hydrogen (secondary N) is 1. The molecule has 0 radical (unpaired) electrons. The lowest BCUT2D eigenvalue weighted by Crippen LogP contribution is -2.28. The molecule has 0 aliphatic rings. The van der Waals surface area contributed by atoms with Gasteiger partial charge in [-0.1, -0.05) is 35.0 Å². The maximum atomic E-state index is 12.3. The Balaban J connectivity index is 2.12. The van der Waals surface area contributed by atoms with Gasteiger partial charge in [-0.2, -0.15) is 0 Å². The zero-order valence-electron chi connectivity index (χ0n) is 17.2. The SMILES string of the molecule is CC(=NOC(C)(C)C)c1cccc(C(C)(C)OC(=O)Nc2ccc(Cl)cc2)c1. The quantitative estimate of drug-likeness (QED) is 0.467. The minimum absolute atomic E-state index is 0.360. The van der Waals surface area contributed by atoms with E-state index >= 15 is 0 Å². The number of carbonyl (C=O) groups is 1. The summed E-state index contributed by atoms with van der Waals surface area (Å²) < 4.78 is 5.65. The summed E-state index contributed by atoms with van der Waals surface area (Å²) in [5.74, 6) is 0. The van der Waals surface area contributed by atoms with Crippen LogP contribution in [0.3, 0.4) is 0 Å². The van der Waals surface area contributed by atoms with E-state index < -0.39 is 11.7 Å². The van der Waals surface area contributed by atoms with Crippen molar-refractivity contribution >= 4 is 29.1 Å². The molecule has 5 nitrogen and oxygen atoms in total. The third-order valence-electron chi connectivity index (χ3n) is 3.87. The highest BCUT2D eigenvalue weighted by Gasteiger charge is 2.26. The Morgan fingerprint density at radius 1 is 1.04 bits per heavy atom. The van der Waals surface area contributed by atoms with Crippen molar-refractivity contribution in [2.24, 2.45) is 5.16 Å². The summed E-state index contributed by atoms with van der Waals surface area (Å²) in [6, 6.07) is 14.5. The maximum Gasteiger partial charge on any atom is 0.412 e. The zero-order valence-corrected chi connectivity index (χ0v) is 17.9. The van der Waals surface area contributed by atoms with Gasteiger partial charge in [-0.15, -0.1) is 0 Å². The van der Waals surface area contributed by atoms with E-state index in [-0.39, 0.29) is 5.60 Å². The summed E-state index contributed by atoms with van der Waals surface area (Å²) in [6.45, 7) is 11.4. The smallest absolute Gasteiger partial charge is 0.412 e. The molecule has 1 N–H and O–H groups in total. The van der Waals surface area contributed by atoms with Crippen molar-refractivity contribution in [3.8, 4) is 0 Å². The third kappa shape index (κ3) is 6.57. The van der Waals surface area contributed by atoms with E-state index in [2.05, 4.69) is 10.5 Å². The number of halogens is 1. The molecule has 0 spiro atoms. The summed E-state index contributed by atoms with van der Waals surface area (Å²) in [6.07, 6.45) is -0.542. The number of rotatable bonds is 5. The molecule has 0 aliphatic carbocycles. The molecule has 0 aromatic heterocycles. The molecule has 0 unspecified atom stereocenters. The second-order valence-corrected chi connectivity index (χ2v) is 8.43. The monoisotopic (exact) mass is 402 g/mol. The fourth-order valence-corrected chi connectivity index (χ4v) is 2.47. The summed E-state index contributed by atoms with van der Waals surface area (Å²) >= 11 is 5.86. The average molecular weight is 403 g/mol. The summed E-state index contributed by atoms with van der Waals surface area (Å²) in [4.78, 5) is 17.8. The molecule has 150 valence electrons. The number of amides is 1. The normalized spacial score (nSPS) is 12.5. The van der Waals surface area contributed by atoms with Crippen LogP contribution < -0.4 is 5.32 Å². The molecule has 0 bridgehead atoms. The number of carbonyl (C=O) groups excluding carboxylic acids is 1. The molecule has 0 fully saturated rings. The Morgan fingerprint density at radius 3 is 2.29 bits per heavy atom. The highest BCUT2D eigenvalue weighted by Crippen LogP contribution is 2.27. The molecule has 0 saturated carbocycles. The molecule has 6 heteroatoms. The second kappa shape index (κ2) is 8.65. The maximum absolute atomic E-state index is 12.3. The van der Waals surface area contributed by atoms with Gasteiger partial charge in [-0.05, 0) is 83.0 Å². The number of anilines is 1. The first kappa shape index (κ1) is 21.8. The van der Waals surface area contributed by atoms with Crippen LogP contribution in [0.15, 0.2) is 53.7 Å². The Labute approximate surface area is 171 Å². The van der Waals surface area contributed by atoms with E-state index in [4.69, 9.17) is 21.2 Å². The van der Waals surface area contributed by atoms with Crippen LogP contribution in [-0.4, -0.2) is 17.4 Å². The lowest BCUT2D eigenvalue weighted by atomic mass is 9.95. The van der Waals surface area contributed by atoms with E-state index in [1.807, 2.05) is 65.8 Å². The van der Waals surface area contributed by atoms with Gasteiger partial charge in [0, 0.05) is 10.7 Å².